The summed E-state index contributed by atoms with van der Waals surface area (Å²) in [7, 11) is 0. The molecule has 0 heterocycles. The second-order valence-corrected chi connectivity index (χ2v) is 10.2. The van der Waals surface area contributed by atoms with Crippen molar-refractivity contribution in [3.63, 3.8) is 0 Å². The molecule has 0 spiro atoms. The van der Waals surface area contributed by atoms with E-state index in [1.807, 2.05) is 0 Å². The number of carbonyl (C=O) groups excluding carboxylic acids is 2. The molecule has 2 amide bonds. The molecule has 1 aliphatic rings. The number of hydrogen-bond acceptors (Lipinski definition) is 2. The standard InChI is InChI=1S/C24H14Cl4F4N2O2/c25-15-4-1-10(7-13(15)21(31)32)19-20(24(19,27)28)23(36)33-12-3-5-16(26)14(9-12)22(35)34-18-6-2-11(29)8-17(18)30/h1-9,19-21H,(H,33,36)(H,34,35)/t19-,20+/m0/s1. The Balaban J connectivity index is 1.52. The molecule has 4 nitrogen and oxygen atoms in total. The van der Waals surface area contributed by atoms with Crippen molar-refractivity contribution in [2.24, 2.45) is 5.92 Å². The van der Waals surface area contributed by atoms with Crippen LogP contribution < -0.4 is 10.6 Å². The first kappa shape index (κ1) is 26.5. The first-order valence-corrected chi connectivity index (χ1v) is 11.7. The second kappa shape index (κ2) is 10.1. The van der Waals surface area contributed by atoms with Crippen LogP contribution in [0.1, 0.15) is 33.8 Å². The van der Waals surface area contributed by atoms with Crippen LogP contribution in [0, 0.1) is 17.6 Å². The zero-order chi connectivity index (χ0) is 26.4. The van der Waals surface area contributed by atoms with Crippen LogP contribution in [0.2, 0.25) is 10.0 Å². The van der Waals surface area contributed by atoms with Crippen LogP contribution in [-0.4, -0.2) is 16.1 Å². The number of carbonyl (C=O) groups is 2. The van der Waals surface area contributed by atoms with Crippen molar-refractivity contribution >= 4 is 69.6 Å². The summed E-state index contributed by atoms with van der Waals surface area (Å²) in [6.45, 7) is 0. The highest BCUT2D eigenvalue weighted by Crippen LogP contribution is 2.65. The summed E-state index contributed by atoms with van der Waals surface area (Å²) >= 11 is 24.5. The average Bonchev–Trinajstić information content (AvgIpc) is 3.39. The highest BCUT2D eigenvalue weighted by Gasteiger charge is 2.67. The van der Waals surface area contributed by atoms with Gasteiger partial charge >= 0.3 is 0 Å². The van der Waals surface area contributed by atoms with Gasteiger partial charge < -0.3 is 10.6 Å². The SMILES string of the molecule is O=C(Nc1ccc(F)cc1F)c1cc(NC(=O)[C@H]2[C@H](c3ccc(Cl)c(C(F)F)c3)C2(Cl)Cl)ccc1Cl. The van der Waals surface area contributed by atoms with Crippen LogP contribution in [0.4, 0.5) is 28.9 Å². The van der Waals surface area contributed by atoms with Gasteiger partial charge in [-0.2, -0.15) is 0 Å². The Morgan fingerprint density at radius 3 is 2.25 bits per heavy atom. The molecule has 0 saturated heterocycles. The summed E-state index contributed by atoms with van der Waals surface area (Å²) in [6.07, 6.45) is -2.83. The summed E-state index contributed by atoms with van der Waals surface area (Å²) in [5.74, 6) is -5.01. The van der Waals surface area contributed by atoms with Gasteiger partial charge in [0, 0.05) is 28.3 Å². The van der Waals surface area contributed by atoms with E-state index in [1.54, 1.807) is 0 Å². The molecule has 0 radical (unpaired) electrons. The van der Waals surface area contributed by atoms with Gasteiger partial charge in [0.05, 0.1) is 22.2 Å². The summed E-state index contributed by atoms with van der Waals surface area (Å²) in [6, 6.07) is 10.5. The minimum absolute atomic E-state index is 0.00189. The molecule has 0 bridgehead atoms. The molecule has 188 valence electrons. The van der Waals surface area contributed by atoms with Crippen LogP contribution in [0.15, 0.2) is 54.6 Å². The smallest absolute Gasteiger partial charge is 0.265 e. The van der Waals surface area contributed by atoms with E-state index in [2.05, 4.69) is 10.6 Å². The van der Waals surface area contributed by atoms with Crippen LogP contribution in [0.5, 0.6) is 0 Å². The number of rotatable bonds is 6. The third-order valence-corrected chi connectivity index (χ3v) is 7.22. The van der Waals surface area contributed by atoms with Crippen molar-refractivity contribution in [1.29, 1.82) is 0 Å². The molecule has 36 heavy (non-hydrogen) atoms. The van der Waals surface area contributed by atoms with Gasteiger partial charge in [-0.25, -0.2) is 17.6 Å². The molecule has 1 saturated carbocycles. The van der Waals surface area contributed by atoms with Crippen molar-refractivity contribution in [1.82, 2.24) is 0 Å². The van der Waals surface area contributed by atoms with Gasteiger partial charge in [0.15, 0.2) is 0 Å². The van der Waals surface area contributed by atoms with E-state index in [1.165, 1.54) is 30.3 Å². The van der Waals surface area contributed by atoms with Crippen molar-refractivity contribution < 1.29 is 27.2 Å². The van der Waals surface area contributed by atoms with Crippen molar-refractivity contribution in [2.75, 3.05) is 10.6 Å². The number of nitrogens with one attached hydrogen (secondary N) is 2. The lowest BCUT2D eigenvalue weighted by molar-refractivity contribution is -0.117. The fraction of sp³-hybridized carbons (Fsp3) is 0.167. The molecular weight excluding hydrogens is 566 g/mol. The Kier molecular flexibility index (Phi) is 7.44. The third-order valence-electron chi connectivity index (χ3n) is 5.61. The zero-order valence-corrected chi connectivity index (χ0v) is 20.8. The monoisotopic (exact) mass is 578 g/mol. The highest BCUT2D eigenvalue weighted by molar-refractivity contribution is 6.53. The van der Waals surface area contributed by atoms with Crippen molar-refractivity contribution in [3.05, 3.63) is 93.0 Å². The maximum absolute atomic E-state index is 13.9. The predicted octanol–water partition coefficient (Wildman–Crippen LogP) is 7.99. The maximum Gasteiger partial charge on any atom is 0.265 e. The van der Waals surface area contributed by atoms with E-state index in [4.69, 9.17) is 46.4 Å². The molecule has 1 aliphatic carbocycles. The molecule has 4 rings (SSSR count). The Hall–Kier alpha value is -2.52. The average molecular weight is 580 g/mol. The van der Waals surface area contributed by atoms with E-state index < -0.39 is 51.6 Å². The van der Waals surface area contributed by atoms with E-state index in [-0.39, 0.29) is 27.0 Å². The Labute approximate surface area is 222 Å². The number of alkyl halides is 4. The molecule has 3 aromatic carbocycles. The minimum atomic E-state index is -2.83. The summed E-state index contributed by atoms with van der Waals surface area (Å²) in [5, 5.41) is 4.72. The summed E-state index contributed by atoms with van der Waals surface area (Å²) in [5.41, 5.74) is -0.318. The fourth-order valence-electron chi connectivity index (χ4n) is 3.77. The topological polar surface area (TPSA) is 58.2 Å². The number of hydrogen-bond donors (Lipinski definition) is 2. The van der Waals surface area contributed by atoms with Gasteiger partial charge in [-0.15, -0.1) is 23.2 Å². The minimum Gasteiger partial charge on any atom is -0.326 e. The van der Waals surface area contributed by atoms with Crippen LogP contribution >= 0.6 is 46.4 Å². The van der Waals surface area contributed by atoms with Gasteiger partial charge in [0.1, 0.15) is 16.0 Å². The lowest BCUT2D eigenvalue weighted by atomic mass is 10.1. The first-order chi connectivity index (χ1) is 16.9. The van der Waals surface area contributed by atoms with Crippen LogP contribution in [0.25, 0.3) is 0 Å². The lowest BCUT2D eigenvalue weighted by Crippen LogP contribution is -2.18. The normalized spacial score (nSPS) is 18.1. The number of benzene rings is 3. The number of anilines is 2. The van der Waals surface area contributed by atoms with Gasteiger partial charge in [0.25, 0.3) is 12.3 Å². The molecule has 12 heteroatoms. The molecule has 1 fully saturated rings. The number of halogens is 8. The Bertz CT molecular complexity index is 1370. The fourth-order valence-corrected chi connectivity index (χ4v) is 5.00. The Morgan fingerprint density at radius 2 is 1.58 bits per heavy atom. The maximum atomic E-state index is 13.9. The van der Waals surface area contributed by atoms with Gasteiger partial charge in [-0.1, -0.05) is 29.3 Å². The molecule has 0 aromatic heterocycles. The van der Waals surface area contributed by atoms with Crippen molar-refractivity contribution in [3.8, 4) is 0 Å². The first-order valence-electron chi connectivity index (χ1n) is 10.2. The molecular formula is C24H14Cl4F4N2O2. The molecule has 2 atom stereocenters. The summed E-state index contributed by atoms with van der Waals surface area (Å²) in [4.78, 5) is 25.5. The largest absolute Gasteiger partial charge is 0.326 e. The highest BCUT2D eigenvalue weighted by atomic mass is 35.5. The van der Waals surface area contributed by atoms with E-state index in [0.717, 1.165) is 18.2 Å². The quantitative estimate of drug-likeness (QED) is 0.230. The van der Waals surface area contributed by atoms with Gasteiger partial charge in [-0.05, 0) is 48.0 Å². The predicted molar refractivity (Wildman–Crippen MR) is 131 cm³/mol. The van der Waals surface area contributed by atoms with Crippen LogP contribution in [0.3, 0.4) is 0 Å². The summed E-state index contributed by atoms with van der Waals surface area (Å²) < 4.78 is 51.9. The molecule has 0 unspecified atom stereocenters. The Morgan fingerprint density at radius 1 is 0.889 bits per heavy atom. The zero-order valence-electron chi connectivity index (χ0n) is 17.8. The molecule has 3 aromatic rings. The lowest BCUT2D eigenvalue weighted by Gasteiger charge is -2.11. The van der Waals surface area contributed by atoms with E-state index in [9.17, 15) is 27.2 Å². The van der Waals surface area contributed by atoms with Crippen LogP contribution in [-0.2, 0) is 4.79 Å². The second-order valence-electron chi connectivity index (χ2n) is 7.97. The molecule has 0 aliphatic heterocycles. The molecule has 2 N–H and O–H groups in total. The number of amides is 2. The van der Waals surface area contributed by atoms with Gasteiger partial charge in [-0.3, -0.25) is 9.59 Å². The van der Waals surface area contributed by atoms with E-state index >= 15 is 0 Å². The van der Waals surface area contributed by atoms with Crippen molar-refractivity contribution in [2.45, 2.75) is 16.7 Å². The van der Waals surface area contributed by atoms with E-state index in [0.29, 0.717) is 11.6 Å². The third kappa shape index (κ3) is 5.27. The van der Waals surface area contributed by atoms with Gasteiger partial charge in [0.2, 0.25) is 5.91 Å².